The van der Waals surface area contributed by atoms with E-state index in [2.05, 4.69) is 40.3 Å². The molecule has 1 aliphatic heterocycles. The third-order valence-electron chi connectivity index (χ3n) is 7.34. The van der Waals surface area contributed by atoms with E-state index in [1.165, 1.54) is 33.8 Å². The van der Waals surface area contributed by atoms with Gasteiger partial charge in [-0.3, -0.25) is 0 Å². The molecule has 2 amide bonds. The number of rotatable bonds is 6. The maximum atomic E-state index is 14.1. The van der Waals surface area contributed by atoms with Crippen LogP contribution in [0.5, 0.6) is 11.5 Å². The monoisotopic (exact) mass is 527 g/mol. The number of aromatic nitrogens is 1. The predicted molar refractivity (Wildman–Crippen MR) is 152 cm³/mol. The average molecular weight is 528 g/mol. The molecule has 2 aromatic carbocycles. The minimum absolute atomic E-state index is 0.127. The highest BCUT2D eigenvalue weighted by Gasteiger charge is 2.36. The Morgan fingerprint density at radius 3 is 2.55 bits per heavy atom. The van der Waals surface area contributed by atoms with Crippen molar-refractivity contribution < 1.29 is 14.3 Å². The van der Waals surface area contributed by atoms with E-state index in [0.717, 1.165) is 41.3 Å². The quantitative estimate of drug-likeness (QED) is 0.285. The smallest absolute Gasteiger partial charge is 0.322 e. The van der Waals surface area contributed by atoms with Crippen LogP contribution in [-0.4, -0.2) is 28.7 Å². The molecule has 1 unspecified atom stereocenters. The van der Waals surface area contributed by atoms with Gasteiger partial charge in [0.05, 0.1) is 31.5 Å². The number of nitrogens with zero attached hydrogens (tertiary/aromatic N) is 2. The number of carbonyl (C=O) groups is 1. The molecule has 0 fully saturated rings. The molecule has 2 aromatic heterocycles. The lowest BCUT2D eigenvalue weighted by atomic mass is 9.95. The topological polar surface area (TPSA) is 55.7 Å². The minimum Gasteiger partial charge on any atom is -0.494 e. The number of ether oxygens (including phenoxy) is 2. The Morgan fingerprint density at radius 1 is 0.947 bits per heavy atom. The zero-order chi connectivity index (χ0) is 26.1. The van der Waals surface area contributed by atoms with Crippen molar-refractivity contribution in [2.24, 2.45) is 0 Å². The summed E-state index contributed by atoms with van der Waals surface area (Å²) in [5.41, 5.74) is 5.58. The van der Waals surface area contributed by atoms with Crippen molar-refractivity contribution in [3.63, 3.8) is 0 Å². The number of hydrogen-bond acceptors (Lipinski definition) is 4. The van der Waals surface area contributed by atoms with Crippen LogP contribution in [0, 0.1) is 0 Å². The summed E-state index contributed by atoms with van der Waals surface area (Å²) >= 11 is 1.90. The fraction of sp³-hybridized carbons (Fsp3) is 0.323. The van der Waals surface area contributed by atoms with E-state index in [0.29, 0.717) is 19.8 Å². The molecule has 3 heterocycles. The molecule has 1 atom stereocenters. The van der Waals surface area contributed by atoms with E-state index in [1.54, 1.807) is 0 Å². The van der Waals surface area contributed by atoms with Crippen LogP contribution >= 0.6 is 11.3 Å². The molecule has 0 bridgehead atoms. The van der Waals surface area contributed by atoms with Gasteiger partial charge in [-0.25, -0.2) is 4.79 Å². The summed E-state index contributed by atoms with van der Waals surface area (Å²) in [6.45, 7) is 5.70. The number of benzene rings is 2. The summed E-state index contributed by atoms with van der Waals surface area (Å²) in [6, 6.07) is 19.6. The van der Waals surface area contributed by atoms with Gasteiger partial charge in [0.25, 0.3) is 0 Å². The molecule has 6 nitrogen and oxygen atoms in total. The van der Waals surface area contributed by atoms with Crippen LogP contribution in [0.25, 0.3) is 5.00 Å². The van der Waals surface area contributed by atoms with Gasteiger partial charge in [-0.1, -0.05) is 12.1 Å². The first-order valence-corrected chi connectivity index (χ1v) is 14.3. The van der Waals surface area contributed by atoms with Crippen LogP contribution in [0.4, 0.5) is 10.5 Å². The number of aryl methyl sites for hydroxylation is 1. The highest BCUT2D eigenvalue weighted by Crippen LogP contribution is 2.44. The van der Waals surface area contributed by atoms with Crippen LogP contribution in [0.15, 0.2) is 66.9 Å². The second-order valence-corrected chi connectivity index (χ2v) is 10.8. The van der Waals surface area contributed by atoms with Gasteiger partial charge in [-0.15, -0.1) is 11.3 Å². The van der Waals surface area contributed by atoms with Crippen LogP contribution in [0.3, 0.4) is 0 Å². The molecule has 6 rings (SSSR count). The molecule has 196 valence electrons. The number of fused-ring (bicyclic) bond motifs is 5. The number of amides is 2. The number of anilines is 1. The first-order chi connectivity index (χ1) is 18.7. The molecule has 0 spiro atoms. The Balaban J connectivity index is 1.44. The summed E-state index contributed by atoms with van der Waals surface area (Å²) in [4.78, 5) is 17.6. The van der Waals surface area contributed by atoms with E-state index in [4.69, 9.17) is 9.47 Å². The molecule has 4 aromatic rings. The van der Waals surface area contributed by atoms with Crippen LogP contribution in [0.1, 0.15) is 60.0 Å². The molecule has 2 aliphatic rings. The summed E-state index contributed by atoms with van der Waals surface area (Å²) in [7, 11) is 0. The third kappa shape index (κ3) is 4.56. The number of nitrogens with one attached hydrogen (secondary N) is 1. The van der Waals surface area contributed by atoms with Gasteiger partial charge in [0, 0.05) is 22.3 Å². The standard InChI is InChI=1S/C31H33N3O3S/c1-3-36-23-16-14-22(15-17-23)32-31(35)34-20-26-25-11-5-6-13-28(25)38-30(26)33-18-8-12-27(33)29(34)21-9-7-10-24(19-21)37-4-2/h7-10,12,14-19,29H,3-6,11,13,20H2,1-2H3,(H,32,35). The average Bonchev–Trinajstić information content (AvgIpc) is 3.52. The number of urea groups is 1. The molecular formula is C31H33N3O3S. The Morgan fingerprint density at radius 2 is 1.74 bits per heavy atom. The van der Waals surface area contributed by atoms with E-state index in [9.17, 15) is 4.79 Å². The van der Waals surface area contributed by atoms with Crippen molar-refractivity contribution in [3.05, 3.63) is 94.1 Å². The Kier molecular flexibility index (Phi) is 6.85. The molecule has 0 saturated heterocycles. The summed E-state index contributed by atoms with van der Waals surface area (Å²) in [5.74, 6) is 1.60. The van der Waals surface area contributed by atoms with Crippen molar-refractivity contribution in [2.75, 3.05) is 18.5 Å². The number of thiophene rings is 1. The zero-order valence-corrected chi connectivity index (χ0v) is 22.7. The number of carbonyl (C=O) groups excluding carboxylic acids is 1. The normalized spacial score (nSPS) is 16.2. The molecular weight excluding hydrogens is 494 g/mol. The Hall–Kier alpha value is -3.71. The summed E-state index contributed by atoms with van der Waals surface area (Å²) in [5, 5.41) is 4.42. The lowest BCUT2D eigenvalue weighted by Crippen LogP contribution is -2.38. The molecule has 1 aliphatic carbocycles. The fourth-order valence-electron chi connectivity index (χ4n) is 5.67. The van der Waals surface area contributed by atoms with Gasteiger partial charge in [0.15, 0.2) is 0 Å². The number of hydrogen-bond donors (Lipinski definition) is 1. The van der Waals surface area contributed by atoms with Crippen molar-refractivity contribution in [2.45, 2.75) is 52.1 Å². The Labute approximate surface area is 227 Å². The minimum atomic E-state index is -0.271. The van der Waals surface area contributed by atoms with Crippen LogP contribution in [-0.2, 0) is 19.4 Å². The van der Waals surface area contributed by atoms with Gasteiger partial charge >= 0.3 is 6.03 Å². The first kappa shape index (κ1) is 24.6. The molecule has 1 N–H and O–H groups in total. The zero-order valence-electron chi connectivity index (χ0n) is 21.9. The van der Waals surface area contributed by atoms with Gasteiger partial charge in [0.2, 0.25) is 0 Å². The van der Waals surface area contributed by atoms with Gasteiger partial charge in [-0.05, 0) is 99.2 Å². The highest BCUT2D eigenvalue weighted by atomic mass is 32.1. The van der Waals surface area contributed by atoms with E-state index in [1.807, 2.05) is 66.5 Å². The summed E-state index contributed by atoms with van der Waals surface area (Å²) in [6.07, 6.45) is 6.79. The Bertz CT molecular complexity index is 1440. The highest BCUT2D eigenvalue weighted by molar-refractivity contribution is 7.15. The van der Waals surface area contributed by atoms with E-state index >= 15 is 0 Å². The summed E-state index contributed by atoms with van der Waals surface area (Å²) < 4.78 is 13.7. The molecule has 38 heavy (non-hydrogen) atoms. The lowest BCUT2D eigenvalue weighted by Gasteiger charge is -2.31. The van der Waals surface area contributed by atoms with Crippen molar-refractivity contribution in [3.8, 4) is 16.5 Å². The lowest BCUT2D eigenvalue weighted by molar-refractivity contribution is 0.194. The molecule has 7 heteroatoms. The van der Waals surface area contributed by atoms with Gasteiger partial charge < -0.3 is 24.3 Å². The second kappa shape index (κ2) is 10.6. The van der Waals surface area contributed by atoms with E-state index in [-0.39, 0.29) is 12.1 Å². The van der Waals surface area contributed by atoms with Crippen molar-refractivity contribution in [1.82, 2.24) is 9.47 Å². The van der Waals surface area contributed by atoms with Gasteiger partial charge in [-0.2, -0.15) is 0 Å². The second-order valence-electron chi connectivity index (χ2n) is 9.72. The van der Waals surface area contributed by atoms with Crippen molar-refractivity contribution in [1.29, 1.82) is 0 Å². The predicted octanol–water partition coefficient (Wildman–Crippen LogP) is 7.35. The first-order valence-electron chi connectivity index (χ1n) is 13.5. The van der Waals surface area contributed by atoms with E-state index < -0.39 is 0 Å². The largest absolute Gasteiger partial charge is 0.494 e. The maximum absolute atomic E-state index is 14.1. The molecule has 0 radical (unpaired) electrons. The van der Waals surface area contributed by atoms with Crippen LogP contribution < -0.4 is 14.8 Å². The fourth-order valence-corrected chi connectivity index (χ4v) is 7.08. The third-order valence-corrected chi connectivity index (χ3v) is 8.67. The van der Waals surface area contributed by atoms with Crippen LogP contribution in [0.2, 0.25) is 0 Å². The SMILES string of the molecule is CCOc1ccc(NC(=O)N2Cc3c(sc4c3CCCC4)-n3cccc3C2c2cccc(OCC)c2)cc1. The molecule has 0 saturated carbocycles. The van der Waals surface area contributed by atoms with Gasteiger partial charge in [0.1, 0.15) is 16.5 Å². The maximum Gasteiger partial charge on any atom is 0.322 e. The van der Waals surface area contributed by atoms with Crippen molar-refractivity contribution >= 4 is 23.1 Å².